The predicted molar refractivity (Wildman–Crippen MR) is 103 cm³/mol. The number of aromatic nitrogens is 1. The van der Waals surface area contributed by atoms with Crippen LogP contribution in [-0.4, -0.2) is 66.5 Å². The number of hydrogen-bond donors (Lipinski definition) is 1. The molecule has 0 radical (unpaired) electrons. The van der Waals surface area contributed by atoms with Crippen LogP contribution >= 0.6 is 0 Å². The summed E-state index contributed by atoms with van der Waals surface area (Å²) in [6.45, 7) is 6.39. The highest BCUT2D eigenvalue weighted by Crippen LogP contribution is 2.19. The number of esters is 1. The lowest BCUT2D eigenvalue weighted by Crippen LogP contribution is -2.48. The fourth-order valence-electron chi connectivity index (χ4n) is 3.08. The van der Waals surface area contributed by atoms with Crippen molar-refractivity contribution in [3.63, 3.8) is 0 Å². The third-order valence-corrected chi connectivity index (χ3v) is 4.66. The van der Waals surface area contributed by atoms with Crippen LogP contribution in [-0.2, 0) is 4.74 Å². The number of amides is 1. The Balaban J connectivity index is 1.70. The molecule has 0 bridgehead atoms. The maximum atomic E-state index is 12.8. The van der Waals surface area contributed by atoms with E-state index >= 15 is 0 Å². The molecule has 1 aliphatic rings. The summed E-state index contributed by atoms with van der Waals surface area (Å²) in [6.07, 6.45) is 3.24. The first-order valence-corrected chi connectivity index (χ1v) is 9.02. The smallest absolute Gasteiger partial charge is 0.337 e. The molecular weight excluding hydrogens is 344 g/mol. The summed E-state index contributed by atoms with van der Waals surface area (Å²) in [6, 6.07) is 8.77. The average molecular weight is 368 g/mol. The van der Waals surface area contributed by atoms with Gasteiger partial charge < -0.3 is 19.9 Å². The van der Waals surface area contributed by atoms with Crippen molar-refractivity contribution in [2.45, 2.75) is 6.92 Å². The minimum Gasteiger partial charge on any atom is -0.465 e. The second-order valence-corrected chi connectivity index (χ2v) is 6.39. The Kier molecular flexibility index (Phi) is 6.03. The number of methoxy groups -OCH3 is 1. The summed E-state index contributed by atoms with van der Waals surface area (Å²) in [5, 5.41) is 3.19. The van der Waals surface area contributed by atoms with E-state index in [9.17, 15) is 9.59 Å². The van der Waals surface area contributed by atoms with Gasteiger partial charge in [0.25, 0.3) is 5.91 Å². The molecule has 1 aliphatic heterocycles. The highest BCUT2D eigenvalue weighted by Gasteiger charge is 2.21. The number of hydrogen-bond acceptors (Lipinski definition) is 6. The Morgan fingerprint density at radius 1 is 1.07 bits per heavy atom. The normalized spacial score (nSPS) is 14.7. The molecule has 1 N–H and O–H groups in total. The molecule has 0 saturated carbocycles. The van der Waals surface area contributed by atoms with Gasteiger partial charge in [0.2, 0.25) is 0 Å². The van der Waals surface area contributed by atoms with Crippen LogP contribution in [0, 0.1) is 0 Å². The number of anilines is 2. The van der Waals surface area contributed by atoms with Crippen LogP contribution in [0.4, 0.5) is 11.4 Å². The van der Waals surface area contributed by atoms with Gasteiger partial charge >= 0.3 is 5.97 Å². The van der Waals surface area contributed by atoms with Crippen LogP contribution in [0.25, 0.3) is 0 Å². The summed E-state index contributed by atoms with van der Waals surface area (Å²) < 4.78 is 4.74. The van der Waals surface area contributed by atoms with Crippen molar-refractivity contribution in [2.24, 2.45) is 0 Å². The summed E-state index contributed by atoms with van der Waals surface area (Å²) in [5.74, 6) is -0.405. The van der Waals surface area contributed by atoms with Gasteiger partial charge in [-0.1, -0.05) is 13.0 Å². The second-order valence-electron chi connectivity index (χ2n) is 6.39. The number of benzene rings is 1. The van der Waals surface area contributed by atoms with Crippen molar-refractivity contribution in [2.75, 3.05) is 45.2 Å². The number of carbonyl (C=O) groups is 2. The topological polar surface area (TPSA) is 74.8 Å². The van der Waals surface area contributed by atoms with Crippen molar-refractivity contribution in [3.8, 4) is 0 Å². The lowest BCUT2D eigenvalue weighted by molar-refractivity contribution is 0.0599. The molecule has 0 atom stereocenters. The highest BCUT2D eigenvalue weighted by atomic mass is 16.5. The number of nitrogens with zero attached hydrogens (tertiary/aromatic N) is 3. The molecule has 7 heteroatoms. The second kappa shape index (κ2) is 8.64. The first-order chi connectivity index (χ1) is 13.1. The minimum absolute atomic E-state index is 0.00906. The molecule has 3 rings (SSSR count). The number of likely N-dealkylation sites (N-methyl/N-ethyl adjacent to an activating group) is 1. The van der Waals surface area contributed by atoms with Gasteiger partial charge in [-0.3, -0.25) is 9.78 Å². The molecule has 1 fully saturated rings. The molecule has 1 amide bonds. The number of nitrogens with one attached hydrogen (secondary N) is 1. The van der Waals surface area contributed by atoms with Crippen LogP contribution in [0.3, 0.4) is 0 Å². The molecular formula is C20H24N4O3. The molecule has 1 aromatic carbocycles. The molecule has 1 saturated heterocycles. The van der Waals surface area contributed by atoms with E-state index in [0.29, 0.717) is 16.8 Å². The van der Waals surface area contributed by atoms with Crippen molar-refractivity contribution >= 4 is 23.3 Å². The number of piperazine rings is 1. The van der Waals surface area contributed by atoms with Crippen LogP contribution in [0.15, 0.2) is 42.7 Å². The molecule has 0 spiro atoms. The Bertz CT molecular complexity index is 816. The standard InChI is InChI=1S/C20H24N4O3/c1-3-23-7-9-24(10-8-23)19(25)16-12-18(14-21-13-16)22-17-6-4-5-15(11-17)20(26)27-2/h4-6,11-14,22H,3,7-10H2,1-2H3. The Hall–Kier alpha value is -2.93. The van der Waals surface area contributed by atoms with Crippen LogP contribution in [0.2, 0.25) is 0 Å². The van der Waals surface area contributed by atoms with Gasteiger partial charge in [-0.15, -0.1) is 0 Å². The van der Waals surface area contributed by atoms with Gasteiger partial charge in [0.1, 0.15) is 0 Å². The minimum atomic E-state index is -0.396. The lowest BCUT2D eigenvalue weighted by Gasteiger charge is -2.34. The summed E-state index contributed by atoms with van der Waals surface area (Å²) in [4.78, 5) is 32.8. The van der Waals surface area contributed by atoms with E-state index in [-0.39, 0.29) is 5.91 Å². The number of pyridine rings is 1. The number of ether oxygens (including phenoxy) is 1. The zero-order valence-corrected chi connectivity index (χ0v) is 15.6. The van der Waals surface area contributed by atoms with Gasteiger partial charge in [0.15, 0.2) is 0 Å². The van der Waals surface area contributed by atoms with Crippen LogP contribution in [0.1, 0.15) is 27.6 Å². The lowest BCUT2D eigenvalue weighted by atomic mass is 10.2. The molecule has 1 aromatic heterocycles. The van der Waals surface area contributed by atoms with E-state index in [1.165, 1.54) is 7.11 Å². The van der Waals surface area contributed by atoms with Crippen molar-refractivity contribution in [1.82, 2.24) is 14.8 Å². The monoisotopic (exact) mass is 368 g/mol. The first-order valence-electron chi connectivity index (χ1n) is 9.02. The first kappa shape index (κ1) is 18.8. The summed E-state index contributed by atoms with van der Waals surface area (Å²) in [5.41, 5.74) is 2.42. The Labute approximate surface area is 158 Å². The van der Waals surface area contributed by atoms with E-state index in [1.54, 1.807) is 36.7 Å². The van der Waals surface area contributed by atoms with E-state index in [2.05, 4.69) is 22.1 Å². The molecule has 27 heavy (non-hydrogen) atoms. The van der Waals surface area contributed by atoms with Crippen LogP contribution in [0.5, 0.6) is 0 Å². The van der Waals surface area contributed by atoms with Crippen LogP contribution < -0.4 is 5.32 Å². The van der Waals surface area contributed by atoms with Crippen molar-refractivity contribution in [3.05, 3.63) is 53.9 Å². The molecule has 0 unspecified atom stereocenters. The molecule has 0 aliphatic carbocycles. The highest BCUT2D eigenvalue weighted by molar-refractivity contribution is 5.95. The maximum Gasteiger partial charge on any atom is 0.337 e. The van der Waals surface area contributed by atoms with Gasteiger partial charge in [-0.25, -0.2) is 4.79 Å². The Morgan fingerprint density at radius 2 is 1.81 bits per heavy atom. The average Bonchev–Trinajstić information content (AvgIpc) is 2.73. The van der Waals surface area contributed by atoms with Gasteiger partial charge in [0.05, 0.1) is 30.1 Å². The summed E-state index contributed by atoms with van der Waals surface area (Å²) >= 11 is 0. The third-order valence-electron chi connectivity index (χ3n) is 4.66. The Morgan fingerprint density at radius 3 is 2.52 bits per heavy atom. The summed E-state index contributed by atoms with van der Waals surface area (Å²) in [7, 11) is 1.35. The van der Waals surface area contributed by atoms with E-state index in [0.717, 1.165) is 38.4 Å². The van der Waals surface area contributed by atoms with Gasteiger partial charge in [-0.05, 0) is 30.8 Å². The van der Waals surface area contributed by atoms with E-state index in [1.807, 2.05) is 11.0 Å². The van der Waals surface area contributed by atoms with Crippen molar-refractivity contribution < 1.29 is 14.3 Å². The number of rotatable bonds is 5. The molecule has 142 valence electrons. The fourth-order valence-corrected chi connectivity index (χ4v) is 3.08. The van der Waals surface area contributed by atoms with Gasteiger partial charge in [-0.2, -0.15) is 0 Å². The fraction of sp³-hybridized carbons (Fsp3) is 0.350. The predicted octanol–water partition coefficient (Wildman–Crippen LogP) is 2.39. The molecule has 2 heterocycles. The number of carbonyl (C=O) groups excluding carboxylic acids is 2. The molecule has 7 nitrogen and oxygen atoms in total. The SMILES string of the molecule is CCN1CCN(C(=O)c2cncc(Nc3cccc(C(=O)OC)c3)c2)CC1. The quantitative estimate of drug-likeness (QED) is 0.817. The maximum absolute atomic E-state index is 12.8. The zero-order chi connectivity index (χ0) is 19.2. The largest absolute Gasteiger partial charge is 0.465 e. The van der Waals surface area contributed by atoms with E-state index < -0.39 is 5.97 Å². The third kappa shape index (κ3) is 4.62. The zero-order valence-electron chi connectivity index (χ0n) is 15.6. The van der Waals surface area contributed by atoms with Crippen molar-refractivity contribution in [1.29, 1.82) is 0 Å². The molecule has 2 aromatic rings. The van der Waals surface area contributed by atoms with E-state index in [4.69, 9.17) is 4.74 Å². The van der Waals surface area contributed by atoms with Gasteiger partial charge in [0, 0.05) is 38.1 Å².